The molecule has 0 aromatic heterocycles. The molecule has 0 radical (unpaired) electrons. The van der Waals surface area contributed by atoms with Crippen molar-refractivity contribution in [3.8, 4) is 0 Å². The molecule has 0 nitrogen and oxygen atoms in total. The van der Waals surface area contributed by atoms with E-state index in [0.29, 0.717) is 0 Å². The summed E-state index contributed by atoms with van der Waals surface area (Å²) < 4.78 is 0.745. The average molecular weight is 344 g/mol. The first kappa shape index (κ1) is 11.4. The summed E-state index contributed by atoms with van der Waals surface area (Å²) in [5.41, 5.74) is 1.60. The zero-order valence-corrected chi connectivity index (χ0v) is 12.3. The van der Waals surface area contributed by atoms with E-state index >= 15 is 0 Å². The van der Waals surface area contributed by atoms with E-state index in [0.717, 1.165) is 15.8 Å². The highest BCUT2D eigenvalue weighted by molar-refractivity contribution is 14.1. The Bertz CT molecular complexity index is 377. The first-order valence-corrected chi connectivity index (χ1v) is 8.45. The molecular weight excluding hydrogens is 327 g/mol. The van der Waals surface area contributed by atoms with Gasteiger partial charge in [-0.3, -0.25) is 0 Å². The molecular formula is C14H17IS. The van der Waals surface area contributed by atoms with Crippen LogP contribution in [0.4, 0.5) is 0 Å². The molecule has 1 aromatic rings. The standard InChI is InChI=1S/C14H17IS/c15-14-11-6-2-1-5-10(11)9-16-13-8-4-3-7-12(13)14/h3-4,7-8,10-11,14H,1-2,5-6,9H2. The number of hydrogen-bond donors (Lipinski definition) is 0. The summed E-state index contributed by atoms with van der Waals surface area (Å²) in [6.07, 6.45) is 5.83. The second-order valence-electron chi connectivity index (χ2n) is 4.96. The Kier molecular flexibility index (Phi) is 3.48. The van der Waals surface area contributed by atoms with Crippen LogP contribution >= 0.6 is 34.4 Å². The van der Waals surface area contributed by atoms with Crippen molar-refractivity contribution in [3.05, 3.63) is 29.8 Å². The Morgan fingerprint density at radius 3 is 2.88 bits per heavy atom. The molecule has 0 N–H and O–H groups in total. The van der Waals surface area contributed by atoms with Gasteiger partial charge in [0.1, 0.15) is 0 Å². The van der Waals surface area contributed by atoms with Gasteiger partial charge in [-0.05, 0) is 36.3 Å². The maximum Gasteiger partial charge on any atom is 0.0401 e. The van der Waals surface area contributed by atoms with E-state index in [1.807, 2.05) is 0 Å². The summed E-state index contributed by atoms with van der Waals surface area (Å²) in [5, 5.41) is 0. The molecule has 16 heavy (non-hydrogen) atoms. The number of alkyl halides is 1. The van der Waals surface area contributed by atoms with Crippen LogP contribution in [0.25, 0.3) is 0 Å². The van der Waals surface area contributed by atoms with Gasteiger partial charge in [0, 0.05) is 14.6 Å². The normalized spacial score (nSPS) is 33.7. The van der Waals surface area contributed by atoms with E-state index in [4.69, 9.17) is 0 Å². The first-order valence-electron chi connectivity index (χ1n) is 6.22. The number of rotatable bonds is 0. The largest absolute Gasteiger partial charge is 0.126 e. The third-order valence-corrected chi connectivity index (χ3v) is 6.89. The van der Waals surface area contributed by atoms with Gasteiger partial charge in [-0.25, -0.2) is 0 Å². The highest BCUT2D eigenvalue weighted by Crippen LogP contribution is 2.50. The molecule has 3 rings (SSSR count). The lowest BCUT2D eigenvalue weighted by molar-refractivity contribution is 0.262. The topological polar surface area (TPSA) is 0 Å². The fraction of sp³-hybridized carbons (Fsp3) is 0.571. The van der Waals surface area contributed by atoms with E-state index in [2.05, 4.69) is 58.6 Å². The van der Waals surface area contributed by atoms with Gasteiger partial charge in [0.25, 0.3) is 0 Å². The molecule has 2 aliphatic rings. The molecule has 3 atom stereocenters. The lowest BCUT2D eigenvalue weighted by Gasteiger charge is -2.32. The Morgan fingerprint density at radius 2 is 1.94 bits per heavy atom. The van der Waals surface area contributed by atoms with Crippen LogP contribution in [-0.4, -0.2) is 5.75 Å². The Morgan fingerprint density at radius 1 is 1.12 bits per heavy atom. The van der Waals surface area contributed by atoms with E-state index in [1.165, 1.54) is 36.3 Å². The molecule has 1 aliphatic heterocycles. The molecule has 1 aliphatic carbocycles. The smallest absolute Gasteiger partial charge is 0.0401 e. The van der Waals surface area contributed by atoms with Crippen molar-refractivity contribution in [2.45, 2.75) is 34.5 Å². The van der Waals surface area contributed by atoms with Gasteiger partial charge in [0.2, 0.25) is 0 Å². The summed E-state index contributed by atoms with van der Waals surface area (Å²) in [5.74, 6) is 3.25. The molecule has 1 saturated carbocycles. The van der Waals surface area contributed by atoms with E-state index in [9.17, 15) is 0 Å². The van der Waals surface area contributed by atoms with Crippen LogP contribution in [0.1, 0.15) is 35.2 Å². The predicted molar refractivity (Wildman–Crippen MR) is 79.4 cm³/mol. The van der Waals surface area contributed by atoms with Gasteiger partial charge < -0.3 is 0 Å². The Labute approximate surface area is 116 Å². The highest BCUT2D eigenvalue weighted by atomic mass is 127. The molecule has 1 aromatic carbocycles. The summed E-state index contributed by atoms with van der Waals surface area (Å²) in [6, 6.07) is 9.04. The Hall–Kier alpha value is 0.300. The third-order valence-electron chi connectivity index (χ3n) is 4.01. The van der Waals surface area contributed by atoms with Crippen LogP contribution in [0.3, 0.4) is 0 Å². The van der Waals surface area contributed by atoms with Crippen molar-refractivity contribution in [2.75, 3.05) is 5.75 Å². The number of halogens is 1. The van der Waals surface area contributed by atoms with Gasteiger partial charge >= 0.3 is 0 Å². The lowest BCUT2D eigenvalue weighted by Crippen LogP contribution is -2.23. The van der Waals surface area contributed by atoms with E-state index in [-0.39, 0.29) is 0 Å². The summed E-state index contributed by atoms with van der Waals surface area (Å²) >= 11 is 4.79. The van der Waals surface area contributed by atoms with Crippen LogP contribution in [-0.2, 0) is 0 Å². The van der Waals surface area contributed by atoms with Crippen molar-refractivity contribution >= 4 is 34.4 Å². The molecule has 3 unspecified atom stereocenters. The molecule has 1 heterocycles. The van der Waals surface area contributed by atoms with Gasteiger partial charge in [-0.2, -0.15) is 0 Å². The fourth-order valence-corrected chi connectivity index (χ4v) is 6.14. The molecule has 0 spiro atoms. The maximum absolute atomic E-state index is 2.69. The minimum Gasteiger partial charge on any atom is -0.126 e. The fourth-order valence-electron chi connectivity index (χ4n) is 3.10. The van der Waals surface area contributed by atoms with Crippen molar-refractivity contribution in [3.63, 3.8) is 0 Å². The average Bonchev–Trinajstić information content (AvgIpc) is 2.49. The number of thioether (sulfide) groups is 1. The molecule has 0 bridgehead atoms. The first-order chi connectivity index (χ1) is 7.86. The van der Waals surface area contributed by atoms with Crippen molar-refractivity contribution < 1.29 is 0 Å². The minimum atomic E-state index is 0.745. The Balaban J connectivity index is 1.96. The van der Waals surface area contributed by atoms with Crippen LogP contribution in [0, 0.1) is 11.8 Å². The van der Waals surface area contributed by atoms with Crippen molar-refractivity contribution in [1.82, 2.24) is 0 Å². The molecule has 86 valence electrons. The van der Waals surface area contributed by atoms with Crippen molar-refractivity contribution in [2.24, 2.45) is 11.8 Å². The zero-order valence-electron chi connectivity index (χ0n) is 9.36. The van der Waals surface area contributed by atoms with Gasteiger partial charge in [-0.15, -0.1) is 11.8 Å². The summed E-state index contributed by atoms with van der Waals surface area (Å²) in [6.45, 7) is 0. The predicted octanol–water partition coefficient (Wildman–Crippen LogP) is 5.07. The molecule has 0 saturated heterocycles. The van der Waals surface area contributed by atoms with Crippen molar-refractivity contribution in [1.29, 1.82) is 0 Å². The van der Waals surface area contributed by atoms with Crippen LogP contribution in [0.2, 0.25) is 0 Å². The summed E-state index contributed by atoms with van der Waals surface area (Å²) in [7, 11) is 0. The van der Waals surface area contributed by atoms with Gasteiger partial charge in [0.05, 0.1) is 0 Å². The molecule has 2 heteroatoms. The number of hydrogen-bond acceptors (Lipinski definition) is 1. The highest BCUT2D eigenvalue weighted by Gasteiger charge is 2.34. The van der Waals surface area contributed by atoms with Crippen LogP contribution < -0.4 is 0 Å². The number of benzene rings is 1. The monoisotopic (exact) mass is 344 g/mol. The van der Waals surface area contributed by atoms with Gasteiger partial charge in [-0.1, -0.05) is 53.6 Å². The van der Waals surface area contributed by atoms with E-state index in [1.54, 1.807) is 5.56 Å². The number of fused-ring (bicyclic) bond motifs is 2. The second kappa shape index (κ2) is 4.89. The lowest BCUT2D eigenvalue weighted by atomic mass is 9.77. The zero-order chi connectivity index (χ0) is 11.0. The van der Waals surface area contributed by atoms with E-state index < -0.39 is 0 Å². The summed E-state index contributed by atoms with van der Waals surface area (Å²) in [4.78, 5) is 1.54. The SMILES string of the molecule is IC1c2ccccc2SCC2CCCCC21. The quantitative estimate of drug-likeness (QED) is 0.467. The minimum absolute atomic E-state index is 0.745. The second-order valence-corrected chi connectivity index (χ2v) is 7.36. The van der Waals surface area contributed by atoms with Crippen LogP contribution in [0.5, 0.6) is 0 Å². The van der Waals surface area contributed by atoms with Gasteiger partial charge in [0.15, 0.2) is 0 Å². The molecule has 1 fully saturated rings. The molecule has 0 amide bonds. The maximum atomic E-state index is 2.69. The third kappa shape index (κ3) is 2.03. The van der Waals surface area contributed by atoms with Crippen LogP contribution in [0.15, 0.2) is 29.2 Å².